The molecule has 1 amide bonds. The summed E-state index contributed by atoms with van der Waals surface area (Å²) in [6, 6.07) is 7.41. The van der Waals surface area contributed by atoms with Crippen molar-refractivity contribution in [2.24, 2.45) is 5.16 Å². The van der Waals surface area contributed by atoms with Crippen molar-refractivity contribution in [3.05, 3.63) is 53.6 Å². The van der Waals surface area contributed by atoms with Gasteiger partial charge in [-0.2, -0.15) is 0 Å². The largest absolute Gasteiger partial charge is 0.379 e. The molecule has 0 bridgehead atoms. The van der Waals surface area contributed by atoms with E-state index in [1.807, 2.05) is 29.0 Å². The molecule has 0 radical (unpaired) electrons. The number of carbonyl (C=O) groups is 1. The first-order valence-electron chi connectivity index (χ1n) is 7.82. The second-order valence-corrected chi connectivity index (χ2v) is 6.33. The molecule has 1 N–H and O–H groups in total. The minimum absolute atomic E-state index is 0.168. The van der Waals surface area contributed by atoms with E-state index in [9.17, 15) is 4.79 Å². The third-order valence-electron chi connectivity index (χ3n) is 3.97. The standard InChI is InChI=1S/C17H19ClN4O2/c1-17(16(23)20-7-4-9-22-10-8-19-12-22)11-15(21-24-17)13-5-2-3-6-14(13)18/h2-3,5-6,8,10,12H,4,7,9,11H2,1H3,(H,20,23)/t17-/m0/s1. The number of oxime groups is 1. The van der Waals surface area contributed by atoms with E-state index >= 15 is 0 Å². The summed E-state index contributed by atoms with van der Waals surface area (Å²) in [4.78, 5) is 21.8. The highest BCUT2D eigenvalue weighted by Crippen LogP contribution is 2.29. The summed E-state index contributed by atoms with van der Waals surface area (Å²) in [5.74, 6) is -0.168. The minimum Gasteiger partial charge on any atom is -0.379 e. The van der Waals surface area contributed by atoms with Crippen LogP contribution in [0.3, 0.4) is 0 Å². The van der Waals surface area contributed by atoms with Crippen molar-refractivity contribution in [1.29, 1.82) is 0 Å². The Kier molecular flexibility index (Phi) is 4.85. The number of benzene rings is 1. The van der Waals surface area contributed by atoms with E-state index in [0.717, 1.165) is 18.5 Å². The van der Waals surface area contributed by atoms with Crippen LogP contribution in [0.1, 0.15) is 25.3 Å². The summed E-state index contributed by atoms with van der Waals surface area (Å²) < 4.78 is 1.97. The molecule has 1 aliphatic heterocycles. The van der Waals surface area contributed by atoms with Crippen molar-refractivity contribution in [1.82, 2.24) is 14.9 Å². The molecule has 0 aliphatic carbocycles. The number of carbonyl (C=O) groups excluding carboxylic acids is 1. The van der Waals surface area contributed by atoms with E-state index in [2.05, 4.69) is 15.5 Å². The van der Waals surface area contributed by atoms with E-state index in [0.29, 0.717) is 23.7 Å². The fourth-order valence-corrected chi connectivity index (χ4v) is 2.82. The van der Waals surface area contributed by atoms with Crippen LogP contribution in [0.25, 0.3) is 0 Å². The van der Waals surface area contributed by atoms with Gasteiger partial charge in [0.2, 0.25) is 5.60 Å². The summed E-state index contributed by atoms with van der Waals surface area (Å²) in [6.07, 6.45) is 6.60. The second kappa shape index (κ2) is 7.05. The molecule has 1 aromatic carbocycles. The third kappa shape index (κ3) is 3.59. The first kappa shape index (κ1) is 16.5. The van der Waals surface area contributed by atoms with Crippen molar-refractivity contribution in [3.8, 4) is 0 Å². The summed E-state index contributed by atoms with van der Waals surface area (Å²) in [6.45, 7) is 3.11. The molecule has 1 atom stereocenters. The maximum Gasteiger partial charge on any atom is 0.267 e. The average Bonchev–Trinajstić information content (AvgIpc) is 3.22. The Bertz CT molecular complexity index is 745. The highest BCUT2D eigenvalue weighted by Gasteiger charge is 2.42. The zero-order valence-electron chi connectivity index (χ0n) is 13.4. The van der Waals surface area contributed by atoms with Gasteiger partial charge in [-0.15, -0.1) is 0 Å². The molecular weight excluding hydrogens is 328 g/mol. The van der Waals surface area contributed by atoms with Gasteiger partial charge in [0, 0.05) is 42.5 Å². The number of nitrogens with one attached hydrogen (secondary N) is 1. The van der Waals surface area contributed by atoms with Gasteiger partial charge < -0.3 is 14.7 Å². The minimum atomic E-state index is -0.997. The van der Waals surface area contributed by atoms with Gasteiger partial charge in [-0.25, -0.2) is 4.98 Å². The number of aryl methyl sites for hydroxylation is 1. The predicted octanol–water partition coefficient (Wildman–Crippen LogP) is 2.63. The number of hydrogen-bond acceptors (Lipinski definition) is 4. The van der Waals surface area contributed by atoms with E-state index in [1.165, 1.54) is 0 Å². The van der Waals surface area contributed by atoms with Gasteiger partial charge in [-0.3, -0.25) is 4.79 Å². The topological polar surface area (TPSA) is 68.5 Å². The Labute approximate surface area is 145 Å². The smallest absolute Gasteiger partial charge is 0.267 e. The lowest BCUT2D eigenvalue weighted by Gasteiger charge is -2.20. The number of nitrogens with zero attached hydrogens (tertiary/aromatic N) is 3. The number of halogens is 1. The van der Waals surface area contributed by atoms with Crippen LogP contribution in [0.5, 0.6) is 0 Å². The van der Waals surface area contributed by atoms with Crippen molar-refractivity contribution >= 4 is 23.2 Å². The number of aromatic nitrogens is 2. The Morgan fingerprint density at radius 2 is 2.29 bits per heavy atom. The Hall–Kier alpha value is -2.34. The van der Waals surface area contributed by atoms with Crippen LogP contribution in [0, 0.1) is 0 Å². The van der Waals surface area contributed by atoms with Crippen molar-refractivity contribution in [2.75, 3.05) is 6.54 Å². The number of rotatable bonds is 6. The van der Waals surface area contributed by atoms with Gasteiger partial charge in [-0.05, 0) is 19.4 Å². The lowest BCUT2D eigenvalue weighted by atomic mass is 9.95. The van der Waals surface area contributed by atoms with Crippen molar-refractivity contribution in [2.45, 2.75) is 31.9 Å². The van der Waals surface area contributed by atoms with Crippen LogP contribution < -0.4 is 5.32 Å². The van der Waals surface area contributed by atoms with Crippen molar-refractivity contribution < 1.29 is 9.63 Å². The van der Waals surface area contributed by atoms with E-state index in [4.69, 9.17) is 16.4 Å². The van der Waals surface area contributed by atoms with Crippen molar-refractivity contribution in [3.63, 3.8) is 0 Å². The van der Waals surface area contributed by atoms with Gasteiger partial charge in [-0.1, -0.05) is 35.0 Å². The summed E-state index contributed by atoms with van der Waals surface area (Å²) in [5.41, 5.74) is 0.497. The van der Waals surface area contributed by atoms with Gasteiger partial charge in [0.25, 0.3) is 5.91 Å². The zero-order chi connectivity index (χ0) is 17.0. The maximum absolute atomic E-state index is 12.4. The molecule has 2 aromatic rings. The molecule has 0 fully saturated rings. The predicted molar refractivity (Wildman–Crippen MR) is 91.9 cm³/mol. The Balaban J connectivity index is 1.51. The summed E-state index contributed by atoms with van der Waals surface area (Å²) in [7, 11) is 0. The lowest BCUT2D eigenvalue weighted by molar-refractivity contribution is -0.141. The SMILES string of the molecule is C[C@@]1(C(=O)NCCCn2ccnc2)CC(c2ccccc2Cl)=NO1. The quantitative estimate of drug-likeness (QED) is 0.817. The molecule has 24 heavy (non-hydrogen) atoms. The first-order valence-corrected chi connectivity index (χ1v) is 8.20. The molecular formula is C17H19ClN4O2. The number of hydrogen-bond donors (Lipinski definition) is 1. The molecule has 0 saturated carbocycles. The monoisotopic (exact) mass is 346 g/mol. The third-order valence-corrected chi connectivity index (χ3v) is 4.29. The van der Waals surface area contributed by atoms with Gasteiger partial charge in [0.05, 0.1) is 12.0 Å². The normalized spacial score (nSPS) is 19.7. The molecule has 1 aliphatic rings. The molecule has 0 saturated heterocycles. The Morgan fingerprint density at radius 1 is 1.46 bits per heavy atom. The summed E-state index contributed by atoms with van der Waals surface area (Å²) in [5, 5.41) is 7.58. The van der Waals surface area contributed by atoms with Gasteiger partial charge >= 0.3 is 0 Å². The van der Waals surface area contributed by atoms with Crippen LogP contribution in [-0.4, -0.2) is 33.3 Å². The number of imidazole rings is 1. The first-order chi connectivity index (χ1) is 11.6. The van der Waals surface area contributed by atoms with Crippen LogP contribution >= 0.6 is 11.6 Å². The van der Waals surface area contributed by atoms with Gasteiger partial charge in [0.1, 0.15) is 0 Å². The second-order valence-electron chi connectivity index (χ2n) is 5.93. The Morgan fingerprint density at radius 3 is 3.04 bits per heavy atom. The average molecular weight is 347 g/mol. The van der Waals surface area contributed by atoms with E-state index in [-0.39, 0.29) is 5.91 Å². The molecule has 1 aromatic heterocycles. The van der Waals surface area contributed by atoms with Crippen LogP contribution in [0.2, 0.25) is 5.02 Å². The molecule has 126 valence electrons. The fourth-order valence-electron chi connectivity index (χ4n) is 2.57. The highest BCUT2D eigenvalue weighted by molar-refractivity contribution is 6.34. The molecule has 0 spiro atoms. The number of amides is 1. The van der Waals surface area contributed by atoms with Crippen LogP contribution in [0.4, 0.5) is 0 Å². The summed E-state index contributed by atoms with van der Waals surface area (Å²) >= 11 is 6.18. The van der Waals surface area contributed by atoms with E-state index < -0.39 is 5.60 Å². The molecule has 6 nitrogen and oxygen atoms in total. The van der Waals surface area contributed by atoms with Crippen LogP contribution in [-0.2, 0) is 16.2 Å². The molecule has 3 rings (SSSR count). The highest BCUT2D eigenvalue weighted by atomic mass is 35.5. The maximum atomic E-state index is 12.4. The molecule has 7 heteroatoms. The van der Waals surface area contributed by atoms with Gasteiger partial charge in [0.15, 0.2) is 0 Å². The molecule has 2 heterocycles. The zero-order valence-corrected chi connectivity index (χ0v) is 14.2. The lowest BCUT2D eigenvalue weighted by Crippen LogP contribution is -2.45. The van der Waals surface area contributed by atoms with E-state index in [1.54, 1.807) is 25.5 Å². The van der Waals surface area contributed by atoms with Crippen LogP contribution in [0.15, 0.2) is 48.1 Å². The molecule has 0 unspecified atom stereocenters. The fraction of sp³-hybridized carbons (Fsp3) is 0.353.